The molecule has 0 bridgehead atoms. The molecule has 2 heterocycles. The number of carbonyl (C=O) groups excluding carboxylic acids is 1. The normalized spacial score (nSPS) is 16.3. The molecule has 25 heavy (non-hydrogen) atoms. The van der Waals surface area contributed by atoms with E-state index in [2.05, 4.69) is 46.3 Å². The molecule has 0 unspecified atom stereocenters. The van der Waals surface area contributed by atoms with Crippen LogP contribution in [0.3, 0.4) is 0 Å². The molecule has 1 amide bonds. The summed E-state index contributed by atoms with van der Waals surface area (Å²) in [5.41, 5.74) is 7.77. The molecule has 2 aromatic rings. The highest BCUT2D eigenvalue weighted by atomic mass is 16.1. The molecule has 128 valence electrons. The molecule has 3 N–H and O–H groups in total. The van der Waals surface area contributed by atoms with Gasteiger partial charge in [-0.05, 0) is 65.9 Å². The fraction of sp³-hybridized carbons (Fsp3) is 0.286. The zero-order chi connectivity index (χ0) is 17.2. The second-order valence-corrected chi connectivity index (χ2v) is 6.75. The maximum absolute atomic E-state index is 12.7. The number of fused-ring (bicyclic) bond motifs is 1. The lowest BCUT2D eigenvalue weighted by Gasteiger charge is -2.16. The van der Waals surface area contributed by atoms with Crippen molar-refractivity contribution >= 4 is 17.2 Å². The number of anilines is 1. The number of hydrogen-bond donors (Lipinski definition) is 3. The van der Waals surface area contributed by atoms with Gasteiger partial charge < -0.3 is 16.0 Å². The molecule has 0 saturated carbocycles. The molecular weight excluding hydrogens is 310 g/mol. The Kier molecular flexibility index (Phi) is 4.38. The second-order valence-electron chi connectivity index (χ2n) is 6.75. The monoisotopic (exact) mass is 333 g/mol. The molecule has 2 aliphatic heterocycles. The van der Waals surface area contributed by atoms with Gasteiger partial charge in [-0.25, -0.2) is 0 Å². The van der Waals surface area contributed by atoms with Crippen LogP contribution in [0.4, 0.5) is 5.69 Å². The maximum atomic E-state index is 12.7. The van der Waals surface area contributed by atoms with Crippen molar-refractivity contribution in [2.45, 2.75) is 26.4 Å². The van der Waals surface area contributed by atoms with Gasteiger partial charge in [0.25, 0.3) is 5.91 Å². The van der Waals surface area contributed by atoms with Crippen LogP contribution in [-0.4, -0.2) is 19.0 Å². The quantitative estimate of drug-likeness (QED) is 0.808. The van der Waals surface area contributed by atoms with Gasteiger partial charge in [-0.2, -0.15) is 0 Å². The Morgan fingerprint density at radius 1 is 1.04 bits per heavy atom. The zero-order valence-electron chi connectivity index (χ0n) is 14.5. The molecule has 0 radical (unpaired) electrons. The number of carbonyl (C=O) groups is 1. The highest BCUT2D eigenvalue weighted by Crippen LogP contribution is 2.24. The van der Waals surface area contributed by atoms with Gasteiger partial charge in [0.05, 0.1) is 0 Å². The van der Waals surface area contributed by atoms with Crippen molar-refractivity contribution < 1.29 is 4.79 Å². The first-order valence-corrected chi connectivity index (χ1v) is 8.85. The van der Waals surface area contributed by atoms with E-state index in [1.165, 1.54) is 22.3 Å². The minimum Gasteiger partial charge on any atom is -0.322 e. The van der Waals surface area contributed by atoms with Crippen molar-refractivity contribution in [2.24, 2.45) is 0 Å². The first-order chi connectivity index (χ1) is 12.2. The summed E-state index contributed by atoms with van der Waals surface area (Å²) in [7, 11) is 0. The third-order valence-electron chi connectivity index (χ3n) is 5.00. The Hall–Kier alpha value is -2.43. The lowest BCUT2D eigenvalue weighted by Crippen LogP contribution is -2.20. The van der Waals surface area contributed by atoms with E-state index in [4.69, 9.17) is 0 Å². The van der Waals surface area contributed by atoms with E-state index in [0.717, 1.165) is 49.4 Å². The van der Waals surface area contributed by atoms with Gasteiger partial charge in [-0.15, -0.1) is 0 Å². The lowest BCUT2D eigenvalue weighted by atomic mass is 9.96. The van der Waals surface area contributed by atoms with Crippen LogP contribution in [0, 0.1) is 6.92 Å². The fourth-order valence-corrected chi connectivity index (χ4v) is 3.57. The van der Waals surface area contributed by atoms with Crippen molar-refractivity contribution in [2.75, 3.05) is 18.4 Å². The van der Waals surface area contributed by atoms with Crippen molar-refractivity contribution in [1.82, 2.24) is 10.6 Å². The Morgan fingerprint density at radius 2 is 1.92 bits per heavy atom. The Morgan fingerprint density at radius 3 is 2.72 bits per heavy atom. The lowest BCUT2D eigenvalue weighted by molar-refractivity contribution is 0.102. The number of amides is 1. The van der Waals surface area contributed by atoms with Crippen LogP contribution < -0.4 is 16.0 Å². The van der Waals surface area contributed by atoms with Gasteiger partial charge in [0.2, 0.25) is 0 Å². The third-order valence-corrected chi connectivity index (χ3v) is 5.00. The Balaban J connectivity index is 1.53. The summed E-state index contributed by atoms with van der Waals surface area (Å²) in [5.74, 6) is -0.0470. The number of nitrogens with one attached hydrogen (secondary N) is 3. The van der Waals surface area contributed by atoms with E-state index in [9.17, 15) is 4.79 Å². The molecule has 2 aliphatic rings. The first-order valence-electron chi connectivity index (χ1n) is 8.85. The second kappa shape index (κ2) is 6.82. The van der Waals surface area contributed by atoms with Crippen molar-refractivity contribution in [3.63, 3.8) is 0 Å². The topological polar surface area (TPSA) is 53.2 Å². The molecule has 0 saturated heterocycles. The molecule has 2 aromatic carbocycles. The van der Waals surface area contributed by atoms with Crippen LogP contribution in [-0.2, 0) is 13.1 Å². The average Bonchev–Trinajstić information content (AvgIpc) is 3.10. The highest BCUT2D eigenvalue weighted by molar-refractivity contribution is 6.05. The van der Waals surface area contributed by atoms with Crippen molar-refractivity contribution in [3.05, 3.63) is 70.3 Å². The van der Waals surface area contributed by atoms with Crippen LogP contribution in [0.25, 0.3) is 5.57 Å². The third kappa shape index (κ3) is 3.36. The minimum atomic E-state index is -0.0470. The summed E-state index contributed by atoms with van der Waals surface area (Å²) < 4.78 is 0. The summed E-state index contributed by atoms with van der Waals surface area (Å²) in [6.07, 6.45) is 3.27. The largest absolute Gasteiger partial charge is 0.322 e. The molecular formula is C21H23N3O. The van der Waals surface area contributed by atoms with Crippen LogP contribution in [0.2, 0.25) is 0 Å². The van der Waals surface area contributed by atoms with E-state index in [1.54, 1.807) is 0 Å². The Labute approximate surface area is 148 Å². The van der Waals surface area contributed by atoms with Crippen molar-refractivity contribution in [1.29, 1.82) is 0 Å². The first kappa shape index (κ1) is 16.1. The van der Waals surface area contributed by atoms with Gasteiger partial charge >= 0.3 is 0 Å². The molecule has 0 atom stereocenters. The standard InChI is InChI=1S/C21H23N3O/c1-14-10-16(15-6-8-22-9-7-15)3-5-20(14)21(25)24-19-4-2-17-12-23-13-18(17)11-19/h2-6,10-11,22-23H,7-9,12-13H2,1H3,(H,24,25). The molecule has 4 nitrogen and oxygen atoms in total. The van der Waals surface area contributed by atoms with Crippen LogP contribution in [0.5, 0.6) is 0 Å². The molecule has 4 heteroatoms. The SMILES string of the molecule is Cc1cc(C2=CCNCC2)ccc1C(=O)Nc1ccc2c(c1)CNC2. The fourth-order valence-electron chi connectivity index (χ4n) is 3.57. The van der Waals surface area contributed by atoms with Crippen LogP contribution in [0.1, 0.15) is 39.0 Å². The zero-order valence-corrected chi connectivity index (χ0v) is 14.5. The highest BCUT2D eigenvalue weighted by Gasteiger charge is 2.14. The smallest absolute Gasteiger partial charge is 0.255 e. The molecule has 0 aromatic heterocycles. The van der Waals surface area contributed by atoms with E-state index in [-0.39, 0.29) is 5.91 Å². The average molecular weight is 333 g/mol. The number of aryl methyl sites for hydroxylation is 1. The molecule has 0 spiro atoms. The predicted octanol–water partition coefficient (Wildman–Crippen LogP) is 3.23. The number of rotatable bonds is 3. The number of hydrogen-bond acceptors (Lipinski definition) is 3. The minimum absolute atomic E-state index is 0.0470. The summed E-state index contributed by atoms with van der Waals surface area (Å²) in [4.78, 5) is 12.7. The van der Waals surface area contributed by atoms with Crippen LogP contribution in [0.15, 0.2) is 42.5 Å². The van der Waals surface area contributed by atoms with Gasteiger partial charge in [0, 0.05) is 30.9 Å². The number of benzene rings is 2. The van der Waals surface area contributed by atoms with Gasteiger partial charge in [0.1, 0.15) is 0 Å². The summed E-state index contributed by atoms with van der Waals surface area (Å²) >= 11 is 0. The maximum Gasteiger partial charge on any atom is 0.255 e. The molecule has 0 aliphatic carbocycles. The predicted molar refractivity (Wildman–Crippen MR) is 102 cm³/mol. The Bertz CT molecular complexity index is 854. The van der Waals surface area contributed by atoms with Gasteiger partial charge in [0.15, 0.2) is 0 Å². The van der Waals surface area contributed by atoms with E-state index in [1.807, 2.05) is 19.1 Å². The molecule has 4 rings (SSSR count). The summed E-state index contributed by atoms with van der Waals surface area (Å²) in [5, 5.41) is 9.69. The van der Waals surface area contributed by atoms with Crippen LogP contribution >= 0.6 is 0 Å². The van der Waals surface area contributed by atoms with E-state index in [0.29, 0.717) is 0 Å². The van der Waals surface area contributed by atoms with E-state index < -0.39 is 0 Å². The summed E-state index contributed by atoms with van der Waals surface area (Å²) in [6, 6.07) is 12.3. The van der Waals surface area contributed by atoms with E-state index >= 15 is 0 Å². The summed E-state index contributed by atoms with van der Waals surface area (Å²) in [6.45, 7) is 5.73. The van der Waals surface area contributed by atoms with Gasteiger partial charge in [-0.3, -0.25) is 4.79 Å². The van der Waals surface area contributed by atoms with Crippen molar-refractivity contribution in [3.8, 4) is 0 Å². The molecule has 0 fully saturated rings. The van der Waals surface area contributed by atoms with Gasteiger partial charge in [-0.1, -0.05) is 24.3 Å².